The van der Waals surface area contributed by atoms with E-state index < -0.39 is 0 Å². The molecule has 7 heteroatoms. The van der Waals surface area contributed by atoms with Gasteiger partial charge in [-0.3, -0.25) is 9.59 Å². The van der Waals surface area contributed by atoms with Crippen LogP contribution in [0.3, 0.4) is 0 Å². The number of halogens is 1. The number of benzene rings is 1. The van der Waals surface area contributed by atoms with E-state index in [1.54, 1.807) is 24.1 Å². The summed E-state index contributed by atoms with van der Waals surface area (Å²) in [5.41, 5.74) is 0.583. The van der Waals surface area contributed by atoms with Crippen molar-refractivity contribution in [2.24, 2.45) is 5.92 Å². The van der Waals surface area contributed by atoms with E-state index in [2.05, 4.69) is 0 Å². The van der Waals surface area contributed by atoms with Gasteiger partial charge in [0.1, 0.15) is 5.82 Å². The van der Waals surface area contributed by atoms with Crippen LogP contribution in [0.1, 0.15) is 12.8 Å². The van der Waals surface area contributed by atoms with Gasteiger partial charge in [0.05, 0.1) is 11.6 Å². The SMILES string of the molecule is COCCCN1CC(C(=O)N2CCN(c3ccccc3F)CC2)CC1=O. The van der Waals surface area contributed by atoms with Crippen LogP contribution in [0.4, 0.5) is 10.1 Å². The second-order valence-corrected chi connectivity index (χ2v) is 6.85. The summed E-state index contributed by atoms with van der Waals surface area (Å²) < 4.78 is 18.9. The number of rotatable bonds is 6. The van der Waals surface area contributed by atoms with Gasteiger partial charge in [0.15, 0.2) is 0 Å². The molecular weight excluding hydrogens is 337 g/mol. The van der Waals surface area contributed by atoms with E-state index in [0.29, 0.717) is 58.0 Å². The lowest BCUT2D eigenvalue weighted by atomic mass is 10.1. The lowest BCUT2D eigenvalue weighted by molar-refractivity contribution is -0.136. The molecule has 2 aliphatic rings. The van der Waals surface area contributed by atoms with Crippen LogP contribution in [0.15, 0.2) is 24.3 Å². The molecule has 0 aliphatic carbocycles. The quantitative estimate of drug-likeness (QED) is 0.716. The molecule has 0 N–H and O–H groups in total. The second-order valence-electron chi connectivity index (χ2n) is 6.85. The topological polar surface area (TPSA) is 53.1 Å². The Bertz CT molecular complexity index is 647. The molecule has 0 spiro atoms. The van der Waals surface area contributed by atoms with Crippen molar-refractivity contribution in [3.8, 4) is 0 Å². The molecule has 2 amide bonds. The fraction of sp³-hybridized carbons (Fsp3) is 0.579. The minimum absolute atomic E-state index is 0.0424. The van der Waals surface area contributed by atoms with Crippen LogP contribution in [-0.2, 0) is 14.3 Å². The van der Waals surface area contributed by atoms with Gasteiger partial charge in [0.25, 0.3) is 0 Å². The summed E-state index contributed by atoms with van der Waals surface area (Å²) in [5.74, 6) is -0.407. The monoisotopic (exact) mass is 363 g/mol. The molecule has 1 atom stereocenters. The molecule has 1 unspecified atom stereocenters. The van der Waals surface area contributed by atoms with Gasteiger partial charge in [-0.25, -0.2) is 4.39 Å². The van der Waals surface area contributed by atoms with Crippen molar-refractivity contribution < 1.29 is 18.7 Å². The normalized spacial score (nSPS) is 20.8. The van der Waals surface area contributed by atoms with Gasteiger partial charge in [0.2, 0.25) is 11.8 Å². The number of carbonyl (C=O) groups excluding carboxylic acids is 2. The van der Waals surface area contributed by atoms with Crippen molar-refractivity contribution in [3.63, 3.8) is 0 Å². The molecule has 2 fully saturated rings. The van der Waals surface area contributed by atoms with E-state index >= 15 is 0 Å². The van der Waals surface area contributed by atoms with Gasteiger partial charge in [-0.05, 0) is 18.6 Å². The van der Waals surface area contributed by atoms with E-state index in [4.69, 9.17) is 4.74 Å². The molecule has 6 nitrogen and oxygen atoms in total. The zero-order chi connectivity index (χ0) is 18.5. The fourth-order valence-corrected chi connectivity index (χ4v) is 3.69. The molecule has 0 bridgehead atoms. The van der Waals surface area contributed by atoms with Crippen molar-refractivity contribution in [3.05, 3.63) is 30.1 Å². The second kappa shape index (κ2) is 8.49. The average molecular weight is 363 g/mol. The van der Waals surface area contributed by atoms with Crippen LogP contribution >= 0.6 is 0 Å². The van der Waals surface area contributed by atoms with Gasteiger partial charge < -0.3 is 19.4 Å². The first kappa shape index (κ1) is 18.6. The molecule has 1 aromatic rings. The van der Waals surface area contributed by atoms with Crippen LogP contribution in [0.2, 0.25) is 0 Å². The van der Waals surface area contributed by atoms with Gasteiger partial charge >= 0.3 is 0 Å². The maximum atomic E-state index is 13.9. The Kier molecular flexibility index (Phi) is 6.08. The van der Waals surface area contributed by atoms with E-state index in [-0.39, 0.29) is 23.5 Å². The smallest absolute Gasteiger partial charge is 0.228 e. The zero-order valence-corrected chi connectivity index (χ0v) is 15.2. The van der Waals surface area contributed by atoms with Crippen molar-refractivity contribution in [1.82, 2.24) is 9.80 Å². The summed E-state index contributed by atoms with van der Waals surface area (Å²) in [7, 11) is 1.64. The molecule has 0 saturated carbocycles. The first-order valence-electron chi connectivity index (χ1n) is 9.15. The van der Waals surface area contributed by atoms with Gasteiger partial charge in [-0.2, -0.15) is 0 Å². The third kappa shape index (κ3) is 4.15. The number of carbonyl (C=O) groups is 2. The Labute approximate surface area is 153 Å². The molecule has 26 heavy (non-hydrogen) atoms. The Balaban J connectivity index is 1.51. The number of ether oxygens (including phenoxy) is 1. The number of methoxy groups -OCH3 is 1. The first-order valence-corrected chi connectivity index (χ1v) is 9.15. The third-order valence-electron chi connectivity index (χ3n) is 5.12. The lowest BCUT2D eigenvalue weighted by Crippen LogP contribution is -2.51. The Hall–Kier alpha value is -2.15. The number of hydrogen-bond acceptors (Lipinski definition) is 4. The Morgan fingerprint density at radius 2 is 1.96 bits per heavy atom. The van der Waals surface area contributed by atoms with Crippen LogP contribution in [0.5, 0.6) is 0 Å². The minimum atomic E-state index is -0.259. The number of piperazine rings is 1. The number of para-hydroxylation sites is 1. The van der Waals surface area contributed by atoms with E-state index in [1.807, 2.05) is 15.9 Å². The predicted octanol–water partition coefficient (Wildman–Crippen LogP) is 1.36. The molecule has 3 rings (SSSR count). The molecular formula is C19H26FN3O3. The number of nitrogens with zero attached hydrogens (tertiary/aromatic N) is 3. The fourth-order valence-electron chi connectivity index (χ4n) is 3.69. The molecule has 2 aliphatic heterocycles. The minimum Gasteiger partial charge on any atom is -0.385 e. The van der Waals surface area contributed by atoms with E-state index in [0.717, 1.165) is 6.42 Å². The average Bonchev–Trinajstić information content (AvgIpc) is 3.03. The summed E-state index contributed by atoms with van der Waals surface area (Å²) in [6.45, 7) is 4.06. The largest absolute Gasteiger partial charge is 0.385 e. The van der Waals surface area contributed by atoms with Crippen LogP contribution in [-0.4, -0.2) is 74.6 Å². The van der Waals surface area contributed by atoms with E-state index in [9.17, 15) is 14.0 Å². The summed E-state index contributed by atoms with van der Waals surface area (Å²) in [4.78, 5) is 30.4. The van der Waals surface area contributed by atoms with Gasteiger partial charge in [0, 0.05) is 59.4 Å². The molecule has 0 radical (unpaired) electrons. The highest BCUT2D eigenvalue weighted by atomic mass is 19.1. The highest BCUT2D eigenvalue weighted by Gasteiger charge is 2.37. The lowest BCUT2D eigenvalue weighted by Gasteiger charge is -2.37. The van der Waals surface area contributed by atoms with Crippen molar-refractivity contribution in [2.45, 2.75) is 12.8 Å². The first-order chi connectivity index (χ1) is 12.6. The summed E-state index contributed by atoms with van der Waals surface area (Å²) in [6.07, 6.45) is 1.07. The summed E-state index contributed by atoms with van der Waals surface area (Å²) in [6, 6.07) is 6.71. The van der Waals surface area contributed by atoms with Crippen molar-refractivity contribution in [2.75, 3.05) is 57.9 Å². The van der Waals surface area contributed by atoms with Gasteiger partial charge in [-0.1, -0.05) is 12.1 Å². The highest BCUT2D eigenvalue weighted by Crippen LogP contribution is 2.23. The predicted molar refractivity (Wildman–Crippen MR) is 96.4 cm³/mol. The molecule has 1 aromatic carbocycles. The molecule has 142 valence electrons. The maximum absolute atomic E-state index is 13.9. The highest BCUT2D eigenvalue weighted by molar-refractivity contribution is 5.89. The number of anilines is 1. The number of likely N-dealkylation sites (tertiary alicyclic amines) is 1. The zero-order valence-electron chi connectivity index (χ0n) is 15.2. The van der Waals surface area contributed by atoms with E-state index in [1.165, 1.54) is 6.07 Å². The summed E-state index contributed by atoms with van der Waals surface area (Å²) >= 11 is 0. The molecule has 2 saturated heterocycles. The van der Waals surface area contributed by atoms with Crippen molar-refractivity contribution in [1.29, 1.82) is 0 Å². The van der Waals surface area contributed by atoms with Crippen LogP contribution < -0.4 is 4.90 Å². The maximum Gasteiger partial charge on any atom is 0.228 e. The molecule has 2 heterocycles. The third-order valence-corrected chi connectivity index (χ3v) is 5.12. The summed E-state index contributed by atoms with van der Waals surface area (Å²) in [5, 5.41) is 0. The number of amides is 2. The molecule has 0 aromatic heterocycles. The number of hydrogen-bond donors (Lipinski definition) is 0. The standard InChI is InChI=1S/C19H26FN3O3/c1-26-12-4-7-23-14-15(13-18(23)24)19(25)22-10-8-21(9-11-22)17-6-3-2-5-16(17)20/h2-3,5-6,15H,4,7-14H2,1H3. The Morgan fingerprint density at radius 3 is 2.65 bits per heavy atom. The Morgan fingerprint density at radius 1 is 1.23 bits per heavy atom. The van der Waals surface area contributed by atoms with Crippen LogP contribution in [0.25, 0.3) is 0 Å². The van der Waals surface area contributed by atoms with Crippen LogP contribution in [0, 0.1) is 11.7 Å². The van der Waals surface area contributed by atoms with Crippen molar-refractivity contribution >= 4 is 17.5 Å². The van der Waals surface area contributed by atoms with Gasteiger partial charge in [-0.15, -0.1) is 0 Å².